The van der Waals surface area contributed by atoms with E-state index in [9.17, 15) is 9.59 Å². The van der Waals surface area contributed by atoms with Gasteiger partial charge in [0.25, 0.3) is 0 Å². The van der Waals surface area contributed by atoms with Crippen LogP contribution in [-0.4, -0.2) is 37.9 Å². The van der Waals surface area contributed by atoms with Crippen LogP contribution in [0.2, 0.25) is 0 Å². The fraction of sp³-hybridized carbons (Fsp3) is 0.913. The minimum Gasteiger partial charge on any atom is -0.465 e. The second-order valence-electron chi connectivity index (χ2n) is 10.1. The van der Waals surface area contributed by atoms with Gasteiger partial charge in [-0.1, -0.05) is 13.8 Å². The third kappa shape index (κ3) is 3.96. The molecule has 0 saturated heterocycles. The van der Waals surface area contributed by atoms with Crippen molar-refractivity contribution in [1.29, 1.82) is 0 Å². The van der Waals surface area contributed by atoms with Crippen LogP contribution in [0.15, 0.2) is 0 Å². The van der Waals surface area contributed by atoms with Crippen LogP contribution in [0.4, 0.5) is 0 Å². The molecule has 4 saturated carbocycles. The van der Waals surface area contributed by atoms with E-state index in [2.05, 4.69) is 6.92 Å². The van der Waals surface area contributed by atoms with E-state index in [0.29, 0.717) is 24.9 Å². The van der Waals surface area contributed by atoms with Gasteiger partial charge in [-0.2, -0.15) is 0 Å². The second-order valence-corrected chi connectivity index (χ2v) is 10.1. The summed E-state index contributed by atoms with van der Waals surface area (Å²) in [5.74, 6) is 2.19. The monoisotopic (exact) mass is 394 g/mol. The molecule has 5 heteroatoms. The minimum absolute atomic E-state index is 0.0937. The maximum absolute atomic E-state index is 12.8. The number of carbonyl (C=O) groups excluding carboxylic acids is 2. The molecule has 0 aromatic heterocycles. The summed E-state index contributed by atoms with van der Waals surface area (Å²) in [6, 6.07) is 0. The zero-order chi connectivity index (χ0) is 20.5. The Hall–Kier alpha value is -1.10. The van der Waals surface area contributed by atoms with Gasteiger partial charge in [-0.25, -0.2) is 0 Å². The first-order valence-corrected chi connectivity index (χ1v) is 11.1. The minimum atomic E-state index is -0.514. The molecular weight excluding hydrogens is 356 g/mol. The van der Waals surface area contributed by atoms with Crippen molar-refractivity contribution in [2.45, 2.75) is 78.2 Å². The fourth-order valence-corrected chi connectivity index (χ4v) is 6.19. The molecule has 1 atom stereocenters. The van der Waals surface area contributed by atoms with Gasteiger partial charge in [0.05, 0.1) is 18.4 Å². The lowest BCUT2D eigenvalue weighted by atomic mass is 9.47. The summed E-state index contributed by atoms with van der Waals surface area (Å²) in [7, 11) is 1.72. The topological polar surface area (TPSA) is 61.8 Å². The lowest BCUT2D eigenvalue weighted by Gasteiger charge is -2.62. The van der Waals surface area contributed by atoms with Gasteiger partial charge < -0.3 is 14.2 Å². The third-order valence-electron chi connectivity index (χ3n) is 7.87. The van der Waals surface area contributed by atoms with Gasteiger partial charge in [-0.3, -0.25) is 9.59 Å². The first kappa shape index (κ1) is 21.6. The normalized spacial score (nSPS) is 34.9. The number of esters is 2. The smallest absolute Gasteiger partial charge is 0.311 e. The van der Waals surface area contributed by atoms with Crippen LogP contribution in [-0.2, 0) is 23.8 Å². The van der Waals surface area contributed by atoms with Crippen LogP contribution in [0.3, 0.4) is 0 Å². The first-order chi connectivity index (χ1) is 13.2. The van der Waals surface area contributed by atoms with Crippen molar-refractivity contribution in [1.82, 2.24) is 0 Å². The largest absolute Gasteiger partial charge is 0.465 e. The second kappa shape index (κ2) is 8.33. The van der Waals surface area contributed by atoms with E-state index in [-0.39, 0.29) is 30.9 Å². The van der Waals surface area contributed by atoms with E-state index in [1.165, 1.54) is 32.1 Å². The van der Waals surface area contributed by atoms with Crippen molar-refractivity contribution in [3.05, 3.63) is 0 Å². The summed E-state index contributed by atoms with van der Waals surface area (Å²) in [5.41, 5.74) is -0.924. The van der Waals surface area contributed by atoms with Crippen LogP contribution in [0, 0.1) is 35.0 Å². The van der Waals surface area contributed by atoms with Gasteiger partial charge in [0.1, 0.15) is 12.2 Å². The highest BCUT2D eigenvalue weighted by Crippen LogP contribution is 2.61. The Morgan fingerprint density at radius 2 is 1.64 bits per heavy atom. The molecule has 0 N–H and O–H groups in total. The van der Waals surface area contributed by atoms with E-state index < -0.39 is 11.0 Å². The molecule has 0 aliphatic heterocycles. The van der Waals surface area contributed by atoms with E-state index in [1.54, 1.807) is 7.11 Å². The Morgan fingerprint density at radius 1 is 1.07 bits per heavy atom. The number of ether oxygens (including phenoxy) is 3. The van der Waals surface area contributed by atoms with Crippen molar-refractivity contribution < 1.29 is 23.8 Å². The number of carbonyl (C=O) groups is 2. The maximum atomic E-state index is 12.8. The number of hydrogen-bond donors (Lipinski definition) is 0. The zero-order valence-corrected chi connectivity index (χ0v) is 18.3. The lowest BCUT2D eigenvalue weighted by Crippen LogP contribution is -2.63. The van der Waals surface area contributed by atoms with Gasteiger partial charge in [0, 0.05) is 13.0 Å². The molecule has 4 aliphatic carbocycles. The standard InChI is InChI=1S/C23H38O5/c1-6-22(3,4)21(25)27-8-7-20(24)28-23(15(2)14-26-5)18-10-16-9-17(12-18)13-19(23)11-16/h15-19H,6-14H2,1-5H3. The van der Waals surface area contributed by atoms with Crippen molar-refractivity contribution in [3.8, 4) is 0 Å². The molecule has 0 aromatic carbocycles. The summed E-state index contributed by atoms with van der Waals surface area (Å²) in [6.45, 7) is 8.56. The predicted octanol–water partition coefficient (Wildman–Crippen LogP) is 4.38. The Labute approximate surface area is 169 Å². The molecule has 4 rings (SSSR count). The van der Waals surface area contributed by atoms with Crippen LogP contribution in [0.1, 0.15) is 72.6 Å². The summed E-state index contributed by atoms with van der Waals surface area (Å²) in [5, 5.41) is 0. The molecule has 1 unspecified atom stereocenters. The van der Waals surface area contributed by atoms with Crippen molar-refractivity contribution in [3.63, 3.8) is 0 Å². The average molecular weight is 395 g/mol. The highest BCUT2D eigenvalue weighted by Gasteiger charge is 2.61. The van der Waals surface area contributed by atoms with Crippen molar-refractivity contribution in [2.24, 2.45) is 35.0 Å². The molecule has 0 radical (unpaired) electrons. The Kier molecular flexibility index (Phi) is 6.43. The van der Waals surface area contributed by atoms with Crippen molar-refractivity contribution in [2.75, 3.05) is 20.3 Å². The number of methoxy groups -OCH3 is 1. The van der Waals surface area contributed by atoms with E-state index >= 15 is 0 Å². The average Bonchev–Trinajstić information content (AvgIpc) is 2.64. The van der Waals surface area contributed by atoms with E-state index in [4.69, 9.17) is 14.2 Å². The Bertz CT molecular complexity index is 554. The van der Waals surface area contributed by atoms with Crippen LogP contribution < -0.4 is 0 Å². The molecule has 0 amide bonds. The SMILES string of the molecule is CCC(C)(C)C(=O)OCCC(=O)OC1(C(C)COC)C2CC3CC(C2)CC1C3. The molecule has 0 spiro atoms. The van der Waals surface area contributed by atoms with Gasteiger partial charge >= 0.3 is 11.9 Å². The fourth-order valence-electron chi connectivity index (χ4n) is 6.19. The highest BCUT2D eigenvalue weighted by atomic mass is 16.6. The van der Waals surface area contributed by atoms with Gasteiger partial charge in [-0.15, -0.1) is 0 Å². The summed E-state index contributed by atoms with van der Waals surface area (Å²) < 4.78 is 17.1. The molecule has 0 aromatic rings. The Balaban J connectivity index is 1.64. The summed E-state index contributed by atoms with van der Waals surface area (Å²) in [4.78, 5) is 24.9. The van der Waals surface area contributed by atoms with Crippen LogP contribution >= 0.6 is 0 Å². The van der Waals surface area contributed by atoms with Crippen LogP contribution in [0.5, 0.6) is 0 Å². The maximum Gasteiger partial charge on any atom is 0.311 e. The summed E-state index contributed by atoms with van der Waals surface area (Å²) in [6.07, 6.45) is 6.89. The van der Waals surface area contributed by atoms with Crippen LogP contribution in [0.25, 0.3) is 0 Å². The number of rotatable bonds is 9. The molecule has 4 bridgehead atoms. The quantitative estimate of drug-likeness (QED) is 0.543. The first-order valence-electron chi connectivity index (χ1n) is 11.1. The molecular formula is C23H38O5. The lowest BCUT2D eigenvalue weighted by molar-refractivity contribution is -0.231. The molecule has 28 heavy (non-hydrogen) atoms. The summed E-state index contributed by atoms with van der Waals surface area (Å²) >= 11 is 0. The zero-order valence-electron chi connectivity index (χ0n) is 18.3. The van der Waals surface area contributed by atoms with Gasteiger partial charge in [-0.05, 0) is 76.0 Å². The van der Waals surface area contributed by atoms with E-state index in [1.807, 2.05) is 20.8 Å². The molecule has 160 valence electrons. The van der Waals surface area contributed by atoms with Gasteiger partial charge in [0.15, 0.2) is 0 Å². The van der Waals surface area contributed by atoms with Gasteiger partial charge in [0.2, 0.25) is 0 Å². The van der Waals surface area contributed by atoms with Crippen molar-refractivity contribution >= 4 is 11.9 Å². The molecule has 4 aliphatic rings. The predicted molar refractivity (Wildman–Crippen MR) is 107 cm³/mol. The van der Waals surface area contributed by atoms with E-state index in [0.717, 1.165) is 11.8 Å². The molecule has 5 nitrogen and oxygen atoms in total. The Morgan fingerprint density at radius 3 is 2.14 bits per heavy atom. The highest BCUT2D eigenvalue weighted by molar-refractivity contribution is 5.76. The molecule has 4 fully saturated rings. The number of hydrogen-bond acceptors (Lipinski definition) is 5. The molecule has 0 heterocycles. The third-order valence-corrected chi connectivity index (χ3v) is 7.87.